The highest BCUT2D eigenvalue weighted by Crippen LogP contribution is 2.43. The fourth-order valence-electron chi connectivity index (χ4n) is 10.8. The van der Waals surface area contributed by atoms with Crippen LogP contribution in [0.1, 0.15) is 0 Å². The van der Waals surface area contributed by atoms with Gasteiger partial charge in [0.1, 0.15) is 0 Å². The Labute approximate surface area is 331 Å². The lowest BCUT2D eigenvalue weighted by Crippen LogP contribution is -2.73. The minimum atomic E-state index is -2.99. The first-order valence-electron chi connectivity index (χ1n) is 19.9. The summed E-state index contributed by atoms with van der Waals surface area (Å²) in [4.78, 5) is 0. The molecule has 0 fully saturated rings. The molecule has 0 amide bonds. The van der Waals surface area contributed by atoms with E-state index < -0.39 is 8.07 Å². The lowest BCUT2D eigenvalue weighted by atomic mass is 9.93. The minimum absolute atomic E-state index is 1.17. The van der Waals surface area contributed by atoms with Crippen LogP contribution in [0.2, 0.25) is 0 Å². The Bertz CT molecular complexity index is 3390. The van der Waals surface area contributed by atoms with Crippen LogP contribution in [0, 0.1) is 0 Å². The number of fused-ring (bicyclic) bond motifs is 19. The van der Waals surface area contributed by atoms with Gasteiger partial charge in [-0.15, -0.1) is 0 Å². The van der Waals surface area contributed by atoms with Crippen LogP contribution in [-0.4, -0.2) is 17.2 Å². The van der Waals surface area contributed by atoms with E-state index in [1.54, 1.807) is 0 Å². The van der Waals surface area contributed by atoms with Crippen molar-refractivity contribution in [3.05, 3.63) is 206 Å². The fraction of sp³-hybridized carbons (Fsp3) is 0. The van der Waals surface area contributed by atoms with Crippen molar-refractivity contribution in [3.63, 3.8) is 0 Å². The molecule has 9 aromatic carbocycles. The topological polar surface area (TPSA) is 9.86 Å². The van der Waals surface area contributed by atoms with Crippen LogP contribution in [-0.2, 0) is 0 Å². The van der Waals surface area contributed by atoms with E-state index in [4.69, 9.17) is 0 Å². The van der Waals surface area contributed by atoms with Gasteiger partial charge >= 0.3 is 0 Å². The molecule has 2 aliphatic rings. The normalized spacial score (nSPS) is 13.4. The Hall–Kier alpha value is -7.20. The number of hydrogen-bond donors (Lipinski definition) is 0. The molecule has 0 radical (unpaired) electrons. The van der Waals surface area contributed by atoms with Gasteiger partial charge in [0, 0.05) is 32.8 Å². The van der Waals surface area contributed by atoms with E-state index in [1.807, 2.05) is 0 Å². The summed E-state index contributed by atoms with van der Waals surface area (Å²) in [5.74, 6) is 0. The Balaban J connectivity index is 1.26. The maximum absolute atomic E-state index is 2.99. The molecule has 0 unspecified atom stereocenters. The largest absolute Gasteiger partial charge is 0.309 e. The van der Waals surface area contributed by atoms with Crippen LogP contribution in [0.25, 0.3) is 88.4 Å². The second-order valence-corrected chi connectivity index (χ2v) is 19.2. The summed E-state index contributed by atoms with van der Waals surface area (Å²) >= 11 is 0. The molecule has 0 bridgehead atoms. The summed E-state index contributed by atoms with van der Waals surface area (Å²) in [7, 11) is -2.99. The zero-order valence-corrected chi connectivity index (χ0v) is 32.0. The van der Waals surface area contributed by atoms with Gasteiger partial charge in [-0.25, -0.2) is 0 Å². The lowest BCUT2D eigenvalue weighted by molar-refractivity contribution is 1.17. The van der Waals surface area contributed by atoms with E-state index in [2.05, 4.69) is 215 Å². The summed E-state index contributed by atoms with van der Waals surface area (Å²) in [6, 6.07) is 78.0. The van der Waals surface area contributed by atoms with Gasteiger partial charge in [-0.05, 0) is 85.0 Å². The highest BCUT2D eigenvalue weighted by atomic mass is 28.3. The molecule has 2 aliphatic heterocycles. The number of rotatable bonds is 1. The van der Waals surface area contributed by atoms with E-state index in [-0.39, 0.29) is 0 Å². The molecule has 0 saturated heterocycles. The third-order valence-corrected chi connectivity index (χ3v) is 17.9. The average molecular weight is 739 g/mol. The number of aromatic nitrogens is 2. The zero-order valence-electron chi connectivity index (χ0n) is 31.0. The summed E-state index contributed by atoms with van der Waals surface area (Å²) in [5, 5.41) is 10.9. The SMILES string of the molecule is c1ccc2c(c1)-c1ccccc1-n1c3ccc(-n4c5ccccc5c5ccccc54)cc3c3cccc(c31)[Si]1(c3ccccc3-2)c2ccccc2-c2ccccc21. The molecule has 0 saturated carbocycles. The van der Waals surface area contributed by atoms with Gasteiger partial charge in [0.15, 0.2) is 8.07 Å². The molecule has 57 heavy (non-hydrogen) atoms. The monoisotopic (exact) mass is 738 g/mol. The van der Waals surface area contributed by atoms with Crippen LogP contribution in [0.5, 0.6) is 0 Å². The lowest BCUT2D eigenvalue weighted by Gasteiger charge is -2.35. The predicted molar refractivity (Wildman–Crippen MR) is 242 cm³/mol. The van der Waals surface area contributed by atoms with Crippen molar-refractivity contribution in [1.29, 1.82) is 0 Å². The van der Waals surface area contributed by atoms with E-state index in [0.717, 1.165) is 0 Å². The first-order chi connectivity index (χ1) is 28.3. The maximum atomic E-state index is 2.62. The Kier molecular flexibility index (Phi) is 6.22. The summed E-state index contributed by atoms with van der Waals surface area (Å²) in [6.07, 6.45) is 0. The van der Waals surface area contributed by atoms with Crippen molar-refractivity contribution in [3.8, 4) is 44.8 Å². The molecule has 4 heterocycles. The van der Waals surface area contributed by atoms with E-state index in [1.165, 1.54) is 109 Å². The van der Waals surface area contributed by atoms with Crippen LogP contribution in [0.3, 0.4) is 0 Å². The van der Waals surface area contributed by atoms with Crippen LogP contribution in [0.4, 0.5) is 0 Å². The molecule has 13 rings (SSSR count). The number of para-hydroxylation sites is 4. The quantitative estimate of drug-likeness (QED) is 0.148. The van der Waals surface area contributed by atoms with E-state index in [0.29, 0.717) is 0 Å². The molecule has 11 aromatic rings. The standard InChI is InChI=1S/C54H34N2Si/c1-2-17-37-36(16-1)38-18-3-11-27-48(38)56-49-33-32-35(55-46-25-9-4-19-39(46)40-20-5-10-26-47(40)55)34-45(49)44-24-15-31-53(54(44)56)57(50-28-12-6-21-41(37)50)51-29-13-7-22-42(51)43-23-8-14-30-52(43)57/h1-34H. The van der Waals surface area contributed by atoms with Gasteiger partial charge < -0.3 is 9.13 Å². The highest BCUT2D eigenvalue weighted by Gasteiger charge is 2.51. The Morgan fingerprint density at radius 1 is 0.281 bits per heavy atom. The molecule has 3 heteroatoms. The molecular weight excluding hydrogens is 705 g/mol. The van der Waals surface area contributed by atoms with Gasteiger partial charge in [0.2, 0.25) is 0 Å². The van der Waals surface area contributed by atoms with Crippen molar-refractivity contribution in [2.45, 2.75) is 0 Å². The average Bonchev–Trinajstić information content (AvgIpc) is 3.90. The Morgan fingerprint density at radius 3 is 1.35 bits per heavy atom. The van der Waals surface area contributed by atoms with Crippen molar-refractivity contribution in [2.75, 3.05) is 0 Å². The summed E-state index contributed by atoms with van der Waals surface area (Å²) in [6.45, 7) is 0. The number of nitrogens with zero attached hydrogens (tertiary/aromatic N) is 2. The first-order valence-corrected chi connectivity index (χ1v) is 21.9. The van der Waals surface area contributed by atoms with Crippen molar-refractivity contribution in [2.24, 2.45) is 0 Å². The molecule has 0 aliphatic carbocycles. The van der Waals surface area contributed by atoms with Crippen molar-refractivity contribution >= 4 is 72.4 Å². The molecule has 1 spiro atoms. The minimum Gasteiger partial charge on any atom is -0.309 e. The van der Waals surface area contributed by atoms with Gasteiger partial charge in [-0.1, -0.05) is 170 Å². The summed E-state index contributed by atoms with van der Waals surface area (Å²) in [5.41, 5.74) is 15.1. The second kappa shape index (κ2) is 11.4. The van der Waals surface area contributed by atoms with Gasteiger partial charge in [0.05, 0.1) is 27.8 Å². The first kappa shape index (κ1) is 31.0. The number of hydrogen-bond acceptors (Lipinski definition) is 0. The van der Waals surface area contributed by atoms with Gasteiger partial charge in [-0.2, -0.15) is 0 Å². The molecule has 0 atom stereocenters. The van der Waals surface area contributed by atoms with Crippen LogP contribution in [0.15, 0.2) is 206 Å². The van der Waals surface area contributed by atoms with Crippen molar-refractivity contribution in [1.82, 2.24) is 9.13 Å². The second-order valence-electron chi connectivity index (χ2n) is 15.6. The highest BCUT2D eigenvalue weighted by molar-refractivity contribution is 7.23. The van der Waals surface area contributed by atoms with Gasteiger partial charge in [-0.3, -0.25) is 0 Å². The molecule has 2 nitrogen and oxygen atoms in total. The Morgan fingerprint density at radius 2 is 0.719 bits per heavy atom. The van der Waals surface area contributed by atoms with E-state index >= 15 is 0 Å². The maximum Gasteiger partial charge on any atom is 0.183 e. The molecule has 264 valence electrons. The third kappa shape index (κ3) is 3.93. The van der Waals surface area contributed by atoms with E-state index in [9.17, 15) is 0 Å². The fourth-order valence-corrected chi connectivity index (χ4v) is 16.4. The smallest absolute Gasteiger partial charge is 0.183 e. The predicted octanol–water partition coefficient (Wildman–Crippen LogP) is 10.9. The number of benzene rings is 9. The van der Waals surface area contributed by atoms with Crippen molar-refractivity contribution < 1.29 is 0 Å². The molecular formula is C54H34N2Si. The van der Waals surface area contributed by atoms with Crippen LogP contribution < -0.4 is 20.7 Å². The molecule has 0 N–H and O–H groups in total. The summed E-state index contributed by atoms with van der Waals surface area (Å²) < 4.78 is 5.07. The zero-order chi connectivity index (χ0) is 37.2. The van der Waals surface area contributed by atoms with Gasteiger partial charge in [0.25, 0.3) is 0 Å². The molecule has 2 aromatic heterocycles. The van der Waals surface area contributed by atoms with Crippen LogP contribution >= 0.6 is 0 Å². The third-order valence-electron chi connectivity index (χ3n) is 12.9.